The molecule has 2 aromatic heterocycles. The molecule has 1 fully saturated rings. The number of aryl methyl sites for hydroxylation is 2. The van der Waals surface area contributed by atoms with E-state index in [9.17, 15) is 4.79 Å². The highest BCUT2D eigenvalue weighted by molar-refractivity contribution is 5.66. The standard InChI is InChI=1S/C17H25N5O2/c1-14-10-19-21(11-14)9-3-8-20-7-2-4-15(12-20)16-5-6-18-22(16)13-17(23)24/h5-6,10-11,15H,2-4,7-9,12-13H2,1H3,(H,23,24)/t15-/m0/s1. The molecule has 1 saturated heterocycles. The van der Waals surface area contributed by atoms with E-state index >= 15 is 0 Å². The third kappa shape index (κ3) is 4.23. The molecule has 1 aliphatic rings. The Balaban J connectivity index is 1.52. The molecule has 1 N–H and O–H groups in total. The van der Waals surface area contributed by atoms with Crippen molar-refractivity contribution >= 4 is 5.97 Å². The molecule has 3 rings (SSSR count). The van der Waals surface area contributed by atoms with Crippen LogP contribution in [-0.2, 0) is 17.9 Å². The molecule has 0 spiro atoms. The lowest BCUT2D eigenvalue weighted by Crippen LogP contribution is -2.36. The first-order chi connectivity index (χ1) is 11.6. The van der Waals surface area contributed by atoms with Gasteiger partial charge in [-0.2, -0.15) is 10.2 Å². The minimum Gasteiger partial charge on any atom is -0.480 e. The molecular weight excluding hydrogens is 306 g/mol. The number of carboxylic acid groups (broad SMARTS) is 1. The normalized spacial score (nSPS) is 18.8. The molecule has 0 bridgehead atoms. The molecule has 24 heavy (non-hydrogen) atoms. The molecular formula is C17H25N5O2. The van der Waals surface area contributed by atoms with Crippen LogP contribution in [0.3, 0.4) is 0 Å². The molecule has 0 amide bonds. The lowest BCUT2D eigenvalue weighted by atomic mass is 9.94. The summed E-state index contributed by atoms with van der Waals surface area (Å²) >= 11 is 0. The van der Waals surface area contributed by atoms with Gasteiger partial charge in [0.05, 0.1) is 6.20 Å². The number of carbonyl (C=O) groups is 1. The van der Waals surface area contributed by atoms with Crippen LogP contribution in [-0.4, -0.2) is 55.2 Å². The third-order valence-corrected chi connectivity index (χ3v) is 4.58. The number of rotatable bonds is 7. The lowest BCUT2D eigenvalue weighted by Gasteiger charge is -2.32. The van der Waals surface area contributed by atoms with Gasteiger partial charge in [0, 0.05) is 37.1 Å². The predicted octanol–water partition coefficient (Wildman–Crippen LogP) is 1.74. The Hall–Kier alpha value is -2.15. The summed E-state index contributed by atoms with van der Waals surface area (Å²) in [6.07, 6.45) is 8.98. The van der Waals surface area contributed by atoms with Crippen LogP contribution in [0.2, 0.25) is 0 Å². The first-order valence-corrected chi connectivity index (χ1v) is 8.57. The van der Waals surface area contributed by atoms with Crippen molar-refractivity contribution in [3.63, 3.8) is 0 Å². The number of likely N-dealkylation sites (tertiary alicyclic amines) is 1. The molecule has 2 aromatic rings. The number of piperidine rings is 1. The molecule has 0 radical (unpaired) electrons. The van der Waals surface area contributed by atoms with Crippen LogP contribution in [0.25, 0.3) is 0 Å². The summed E-state index contributed by atoms with van der Waals surface area (Å²) in [5, 5.41) is 17.5. The Kier molecular flexibility index (Phi) is 5.30. The van der Waals surface area contributed by atoms with Gasteiger partial charge in [0.25, 0.3) is 0 Å². The highest BCUT2D eigenvalue weighted by Gasteiger charge is 2.24. The third-order valence-electron chi connectivity index (χ3n) is 4.58. The second-order valence-electron chi connectivity index (χ2n) is 6.58. The topological polar surface area (TPSA) is 76.2 Å². The molecule has 7 nitrogen and oxygen atoms in total. The highest BCUT2D eigenvalue weighted by atomic mass is 16.4. The van der Waals surface area contributed by atoms with Crippen LogP contribution in [0.15, 0.2) is 24.7 Å². The molecule has 3 heterocycles. The van der Waals surface area contributed by atoms with E-state index < -0.39 is 5.97 Å². The van der Waals surface area contributed by atoms with E-state index in [4.69, 9.17) is 5.11 Å². The van der Waals surface area contributed by atoms with E-state index in [0.717, 1.165) is 51.1 Å². The predicted molar refractivity (Wildman–Crippen MR) is 89.9 cm³/mol. The van der Waals surface area contributed by atoms with Gasteiger partial charge < -0.3 is 10.0 Å². The van der Waals surface area contributed by atoms with Gasteiger partial charge in [-0.05, 0) is 50.9 Å². The zero-order chi connectivity index (χ0) is 16.9. The van der Waals surface area contributed by atoms with Gasteiger partial charge in [-0.1, -0.05) is 0 Å². The van der Waals surface area contributed by atoms with Gasteiger partial charge in [0.2, 0.25) is 0 Å². The Morgan fingerprint density at radius 2 is 2.25 bits per heavy atom. The molecule has 0 aliphatic carbocycles. The van der Waals surface area contributed by atoms with Crippen molar-refractivity contribution < 1.29 is 9.90 Å². The van der Waals surface area contributed by atoms with Gasteiger partial charge in [-0.3, -0.25) is 14.2 Å². The van der Waals surface area contributed by atoms with E-state index in [1.165, 1.54) is 5.56 Å². The van der Waals surface area contributed by atoms with Crippen LogP contribution in [0.5, 0.6) is 0 Å². The second kappa shape index (κ2) is 7.61. The van der Waals surface area contributed by atoms with Crippen molar-refractivity contribution in [2.24, 2.45) is 0 Å². The molecule has 1 atom stereocenters. The summed E-state index contributed by atoms with van der Waals surface area (Å²) in [5.41, 5.74) is 2.24. The fraction of sp³-hybridized carbons (Fsp3) is 0.588. The number of carboxylic acids is 1. The average molecular weight is 331 g/mol. The summed E-state index contributed by atoms with van der Waals surface area (Å²) in [4.78, 5) is 13.4. The number of nitrogens with zero attached hydrogens (tertiary/aromatic N) is 5. The fourth-order valence-electron chi connectivity index (χ4n) is 3.50. The van der Waals surface area contributed by atoms with Crippen molar-refractivity contribution in [3.8, 4) is 0 Å². The molecule has 0 unspecified atom stereocenters. The molecule has 7 heteroatoms. The lowest BCUT2D eigenvalue weighted by molar-refractivity contribution is -0.137. The summed E-state index contributed by atoms with van der Waals surface area (Å²) in [7, 11) is 0. The van der Waals surface area contributed by atoms with Crippen LogP contribution in [0.4, 0.5) is 0 Å². The first kappa shape index (κ1) is 16.7. The van der Waals surface area contributed by atoms with E-state index in [1.807, 2.05) is 16.9 Å². The van der Waals surface area contributed by atoms with Crippen LogP contribution in [0, 0.1) is 6.92 Å². The number of aromatic nitrogens is 4. The second-order valence-corrected chi connectivity index (χ2v) is 6.58. The first-order valence-electron chi connectivity index (χ1n) is 8.57. The Labute approximate surface area is 141 Å². The van der Waals surface area contributed by atoms with E-state index in [1.54, 1.807) is 10.9 Å². The SMILES string of the molecule is Cc1cnn(CCCN2CCC[C@H](c3ccnn3CC(=O)O)C2)c1. The Morgan fingerprint density at radius 1 is 1.38 bits per heavy atom. The number of aliphatic carboxylic acids is 1. The maximum absolute atomic E-state index is 11.0. The van der Waals surface area contributed by atoms with Crippen LogP contribution < -0.4 is 0 Å². The maximum atomic E-state index is 11.0. The molecule has 0 aromatic carbocycles. The Bertz CT molecular complexity index is 678. The van der Waals surface area contributed by atoms with Gasteiger partial charge in [-0.25, -0.2) is 0 Å². The van der Waals surface area contributed by atoms with Crippen molar-refractivity contribution in [1.82, 2.24) is 24.5 Å². The summed E-state index contributed by atoms with van der Waals surface area (Å²) in [6, 6.07) is 1.96. The number of hydrogen-bond acceptors (Lipinski definition) is 4. The minimum atomic E-state index is -0.845. The molecule has 130 valence electrons. The van der Waals surface area contributed by atoms with E-state index in [0.29, 0.717) is 5.92 Å². The van der Waals surface area contributed by atoms with E-state index in [2.05, 4.69) is 28.2 Å². The monoisotopic (exact) mass is 331 g/mol. The van der Waals surface area contributed by atoms with Crippen molar-refractivity contribution in [3.05, 3.63) is 35.9 Å². The zero-order valence-corrected chi connectivity index (χ0v) is 14.1. The molecule has 1 aliphatic heterocycles. The summed E-state index contributed by atoms with van der Waals surface area (Å²) in [5.74, 6) is -0.477. The van der Waals surface area contributed by atoms with Crippen molar-refractivity contribution in [2.45, 2.75) is 45.2 Å². The van der Waals surface area contributed by atoms with Crippen molar-refractivity contribution in [2.75, 3.05) is 19.6 Å². The highest BCUT2D eigenvalue weighted by Crippen LogP contribution is 2.26. The summed E-state index contributed by atoms with van der Waals surface area (Å²) < 4.78 is 3.63. The van der Waals surface area contributed by atoms with Gasteiger partial charge in [0.1, 0.15) is 6.54 Å². The van der Waals surface area contributed by atoms with Gasteiger partial charge in [-0.15, -0.1) is 0 Å². The quantitative estimate of drug-likeness (QED) is 0.836. The average Bonchev–Trinajstić information content (AvgIpc) is 3.16. The van der Waals surface area contributed by atoms with Crippen LogP contribution in [0.1, 0.15) is 36.4 Å². The zero-order valence-electron chi connectivity index (χ0n) is 14.1. The summed E-state index contributed by atoms with van der Waals surface area (Å²) in [6.45, 7) is 6.07. The van der Waals surface area contributed by atoms with E-state index in [-0.39, 0.29) is 6.54 Å². The largest absolute Gasteiger partial charge is 0.480 e. The van der Waals surface area contributed by atoms with Crippen LogP contribution >= 0.6 is 0 Å². The molecule has 0 saturated carbocycles. The smallest absolute Gasteiger partial charge is 0.325 e. The van der Waals surface area contributed by atoms with Gasteiger partial charge in [0.15, 0.2) is 0 Å². The van der Waals surface area contributed by atoms with Gasteiger partial charge >= 0.3 is 5.97 Å². The maximum Gasteiger partial charge on any atom is 0.325 e. The Morgan fingerprint density at radius 3 is 3.00 bits per heavy atom. The minimum absolute atomic E-state index is 0.0581. The van der Waals surface area contributed by atoms with Crippen molar-refractivity contribution in [1.29, 1.82) is 0 Å². The number of hydrogen-bond donors (Lipinski definition) is 1. The fourth-order valence-corrected chi connectivity index (χ4v) is 3.50.